The zero-order valence-electron chi connectivity index (χ0n) is 26.5. The van der Waals surface area contributed by atoms with Crippen molar-refractivity contribution >= 4 is 26.0 Å². The second-order valence-electron chi connectivity index (χ2n) is 12.3. The Labute approximate surface area is 271 Å². The van der Waals surface area contributed by atoms with Crippen LogP contribution in [0.1, 0.15) is 49.6 Å². The number of nitrogens with zero attached hydrogens (tertiary/aromatic N) is 4. The van der Waals surface area contributed by atoms with E-state index in [1.807, 2.05) is 44.2 Å². The maximum Gasteiger partial charge on any atom is 0.329 e. The molecule has 0 radical (unpaired) electrons. The van der Waals surface area contributed by atoms with Crippen LogP contribution in [0.2, 0.25) is 0 Å². The van der Waals surface area contributed by atoms with Crippen molar-refractivity contribution in [1.82, 2.24) is 28.4 Å². The molecule has 2 aliphatic heterocycles. The van der Waals surface area contributed by atoms with Crippen LogP contribution in [0.15, 0.2) is 70.4 Å². The first kappa shape index (κ1) is 34.0. The Morgan fingerprint density at radius 1 is 0.957 bits per heavy atom. The summed E-state index contributed by atoms with van der Waals surface area (Å²) in [7, 11) is -7.29. The first-order chi connectivity index (χ1) is 22.0. The monoisotopic (exact) mass is 672 g/mol. The standard InChI is InChI=1S/C32H44N6O6S2/c1-25(2)24-45(41,42)34-16-10-20-37-30(31(39)35-21-17-33-18-22-35)29(26-11-5-3-6-12-26)38(32(37)40)27-13-9-19-36(23-27)46(43,44)28-14-7-4-8-15-28/h3-8,11-12,14-15,25,27,33-34H,9-10,13,16-24H2,1-2H3. The van der Waals surface area contributed by atoms with Gasteiger partial charge in [0, 0.05) is 57.9 Å². The van der Waals surface area contributed by atoms with Gasteiger partial charge in [-0.3, -0.25) is 13.9 Å². The van der Waals surface area contributed by atoms with Gasteiger partial charge in [0.25, 0.3) is 5.91 Å². The molecule has 1 unspecified atom stereocenters. The number of rotatable bonds is 12. The van der Waals surface area contributed by atoms with Gasteiger partial charge >= 0.3 is 5.69 Å². The third-order valence-corrected chi connectivity index (χ3v) is 12.0. The first-order valence-corrected chi connectivity index (χ1v) is 19.0. The number of carbonyl (C=O) groups is 1. The molecule has 3 aromatic rings. The second-order valence-corrected chi connectivity index (χ2v) is 16.1. The zero-order valence-corrected chi connectivity index (χ0v) is 28.1. The summed E-state index contributed by atoms with van der Waals surface area (Å²) in [5.74, 6) is -0.314. The second kappa shape index (κ2) is 14.6. The van der Waals surface area contributed by atoms with Crippen LogP contribution in [0.5, 0.6) is 0 Å². The van der Waals surface area contributed by atoms with Crippen molar-refractivity contribution in [1.29, 1.82) is 0 Å². The lowest BCUT2D eigenvalue weighted by atomic mass is 10.0. The van der Waals surface area contributed by atoms with Gasteiger partial charge in [0.1, 0.15) is 5.69 Å². The normalized spacial score (nSPS) is 18.2. The van der Waals surface area contributed by atoms with Crippen LogP contribution in [0.25, 0.3) is 11.3 Å². The molecule has 14 heteroatoms. The molecule has 1 atom stereocenters. The lowest BCUT2D eigenvalue weighted by molar-refractivity contribution is 0.0725. The Morgan fingerprint density at radius 3 is 2.26 bits per heavy atom. The Morgan fingerprint density at radius 2 is 1.61 bits per heavy atom. The first-order valence-electron chi connectivity index (χ1n) is 15.9. The van der Waals surface area contributed by atoms with Crippen molar-refractivity contribution in [3.8, 4) is 11.3 Å². The summed E-state index contributed by atoms with van der Waals surface area (Å²) in [4.78, 5) is 30.7. The fourth-order valence-electron chi connectivity index (χ4n) is 6.27. The average molecular weight is 673 g/mol. The molecule has 2 aromatic carbocycles. The molecule has 1 aromatic heterocycles. The summed E-state index contributed by atoms with van der Waals surface area (Å²) < 4.78 is 59.3. The summed E-state index contributed by atoms with van der Waals surface area (Å²) in [5, 5.41) is 3.26. The summed E-state index contributed by atoms with van der Waals surface area (Å²) in [6, 6.07) is 17.0. The predicted molar refractivity (Wildman–Crippen MR) is 178 cm³/mol. The minimum Gasteiger partial charge on any atom is -0.335 e. The van der Waals surface area contributed by atoms with Crippen molar-refractivity contribution in [3.05, 3.63) is 76.8 Å². The van der Waals surface area contributed by atoms with Gasteiger partial charge in [-0.1, -0.05) is 62.4 Å². The summed E-state index contributed by atoms with van der Waals surface area (Å²) >= 11 is 0. The molecule has 2 aliphatic rings. The van der Waals surface area contributed by atoms with E-state index in [4.69, 9.17) is 0 Å². The lowest BCUT2D eigenvalue weighted by Crippen LogP contribution is -2.47. The highest BCUT2D eigenvalue weighted by Gasteiger charge is 2.36. The Hall–Kier alpha value is -3.30. The highest BCUT2D eigenvalue weighted by molar-refractivity contribution is 7.89. The number of hydrogen-bond donors (Lipinski definition) is 2. The van der Waals surface area contributed by atoms with Crippen LogP contribution in [-0.4, -0.2) is 92.6 Å². The van der Waals surface area contributed by atoms with Crippen molar-refractivity contribution < 1.29 is 21.6 Å². The minimum absolute atomic E-state index is 0.00170. The van der Waals surface area contributed by atoms with Gasteiger partial charge in [0.2, 0.25) is 20.0 Å². The molecule has 2 fully saturated rings. The van der Waals surface area contributed by atoms with E-state index in [1.165, 1.54) is 8.87 Å². The van der Waals surface area contributed by atoms with Crippen LogP contribution in [0.4, 0.5) is 0 Å². The number of aromatic nitrogens is 2. The maximum atomic E-state index is 14.5. The number of piperidine rings is 1. The number of amides is 1. The van der Waals surface area contributed by atoms with E-state index >= 15 is 0 Å². The molecule has 2 N–H and O–H groups in total. The Balaban J connectivity index is 1.57. The van der Waals surface area contributed by atoms with Crippen LogP contribution >= 0.6 is 0 Å². The van der Waals surface area contributed by atoms with E-state index < -0.39 is 31.8 Å². The Bertz CT molecular complexity index is 1770. The molecule has 46 heavy (non-hydrogen) atoms. The highest BCUT2D eigenvalue weighted by Crippen LogP contribution is 2.33. The van der Waals surface area contributed by atoms with E-state index in [0.717, 1.165) is 0 Å². The third kappa shape index (κ3) is 7.63. The maximum absolute atomic E-state index is 14.5. The van der Waals surface area contributed by atoms with Gasteiger partial charge < -0.3 is 10.2 Å². The predicted octanol–water partition coefficient (Wildman–Crippen LogP) is 2.35. The van der Waals surface area contributed by atoms with Gasteiger partial charge in [-0.15, -0.1) is 0 Å². The lowest BCUT2D eigenvalue weighted by Gasteiger charge is -2.33. The number of benzene rings is 2. The van der Waals surface area contributed by atoms with Gasteiger partial charge in [-0.25, -0.2) is 26.4 Å². The Kier molecular flexibility index (Phi) is 10.8. The molecular formula is C32H44N6O6S2. The van der Waals surface area contributed by atoms with Crippen LogP contribution in [0, 0.1) is 5.92 Å². The van der Waals surface area contributed by atoms with E-state index in [-0.39, 0.29) is 54.2 Å². The molecular weight excluding hydrogens is 629 g/mol. The summed E-state index contributed by atoms with van der Waals surface area (Å²) in [5.41, 5.74) is 0.966. The quantitative estimate of drug-likeness (QED) is 0.281. The fourth-order valence-corrected chi connectivity index (χ4v) is 9.26. The number of sulfonamides is 2. The van der Waals surface area contributed by atoms with E-state index in [2.05, 4.69) is 10.0 Å². The van der Waals surface area contributed by atoms with Crippen LogP contribution in [0.3, 0.4) is 0 Å². The molecule has 0 spiro atoms. The molecule has 5 rings (SSSR count). The molecule has 0 aliphatic carbocycles. The fraction of sp³-hybridized carbons (Fsp3) is 0.500. The smallest absolute Gasteiger partial charge is 0.329 e. The van der Waals surface area contributed by atoms with Crippen molar-refractivity contribution in [3.63, 3.8) is 0 Å². The van der Waals surface area contributed by atoms with Gasteiger partial charge in [-0.2, -0.15) is 4.31 Å². The molecule has 1 amide bonds. The van der Waals surface area contributed by atoms with E-state index in [9.17, 15) is 26.4 Å². The minimum atomic E-state index is -3.81. The zero-order chi connectivity index (χ0) is 32.9. The van der Waals surface area contributed by atoms with Crippen LogP contribution < -0.4 is 15.7 Å². The van der Waals surface area contributed by atoms with Crippen molar-refractivity contribution in [2.75, 3.05) is 51.6 Å². The largest absolute Gasteiger partial charge is 0.335 e. The molecule has 0 saturated carbocycles. The topological polar surface area (TPSA) is 143 Å². The number of piperazine rings is 1. The molecule has 2 saturated heterocycles. The van der Waals surface area contributed by atoms with Crippen molar-refractivity contribution in [2.45, 2.75) is 50.6 Å². The number of imidazole rings is 1. The molecule has 12 nitrogen and oxygen atoms in total. The average Bonchev–Trinajstić information content (AvgIpc) is 3.35. The summed E-state index contributed by atoms with van der Waals surface area (Å²) in [6.07, 6.45) is 1.39. The van der Waals surface area contributed by atoms with Gasteiger partial charge in [-0.05, 0) is 37.3 Å². The highest BCUT2D eigenvalue weighted by atomic mass is 32.2. The van der Waals surface area contributed by atoms with Crippen molar-refractivity contribution in [2.24, 2.45) is 5.92 Å². The van der Waals surface area contributed by atoms with E-state index in [1.54, 1.807) is 39.8 Å². The number of hydrogen-bond acceptors (Lipinski definition) is 7. The van der Waals surface area contributed by atoms with E-state index in [0.29, 0.717) is 56.8 Å². The number of carbonyl (C=O) groups excluding carboxylic acids is 1. The number of nitrogens with one attached hydrogen (secondary N) is 2. The molecule has 0 bridgehead atoms. The van der Waals surface area contributed by atoms with Gasteiger partial charge in [0.05, 0.1) is 22.4 Å². The third-order valence-electron chi connectivity index (χ3n) is 8.36. The molecule has 3 heterocycles. The van der Waals surface area contributed by atoms with Gasteiger partial charge in [0.15, 0.2) is 0 Å². The SMILES string of the molecule is CC(C)CS(=O)(=O)NCCCn1c(C(=O)N2CCNCC2)c(-c2ccccc2)n(C2CCCN(S(=O)(=O)c3ccccc3)C2)c1=O. The summed E-state index contributed by atoms with van der Waals surface area (Å²) in [6.45, 7) is 6.51. The molecule has 250 valence electrons. The van der Waals surface area contributed by atoms with Crippen LogP contribution in [-0.2, 0) is 26.6 Å².